The molecule has 11 heteroatoms. The molecule has 3 fully saturated rings. The van der Waals surface area contributed by atoms with Crippen molar-refractivity contribution in [2.45, 2.75) is 76.6 Å². The quantitative estimate of drug-likeness (QED) is 0.233. The predicted octanol–water partition coefficient (Wildman–Crippen LogP) is 6.07. The van der Waals surface area contributed by atoms with Crippen molar-refractivity contribution in [3.8, 4) is 22.9 Å². The SMILES string of the molecule is CC(C)(C)OC(=O)N1C2CCC1CN(c1nc(OC[C@@H]3CCCN3CCCN)nc3c(F)c(-c4cc(O)cc5ccccc45)ccc13)C2. The van der Waals surface area contributed by atoms with Gasteiger partial charge in [-0.05, 0) is 107 Å². The first kappa shape index (κ1) is 32.3. The number of carbonyl (C=O) groups excluding carboxylic acids is 1. The van der Waals surface area contributed by atoms with Crippen LogP contribution in [0.5, 0.6) is 11.8 Å². The van der Waals surface area contributed by atoms with E-state index in [0.29, 0.717) is 48.6 Å². The lowest BCUT2D eigenvalue weighted by Crippen LogP contribution is -2.57. The lowest BCUT2D eigenvalue weighted by Gasteiger charge is -2.42. The number of likely N-dealkylation sites (tertiary alicyclic amines) is 1. The van der Waals surface area contributed by atoms with Gasteiger partial charge >= 0.3 is 12.1 Å². The van der Waals surface area contributed by atoms with E-state index in [0.717, 1.165) is 56.0 Å². The van der Waals surface area contributed by atoms with Gasteiger partial charge in [-0.2, -0.15) is 9.97 Å². The van der Waals surface area contributed by atoms with Crippen molar-refractivity contribution in [3.05, 3.63) is 54.3 Å². The molecule has 3 atom stereocenters. The molecule has 3 aromatic carbocycles. The zero-order valence-corrected chi connectivity index (χ0v) is 28.0. The van der Waals surface area contributed by atoms with Crippen LogP contribution in [0.2, 0.25) is 0 Å². The standard InChI is InChI=1S/C37H45FN6O4/c1-37(2,3)48-36(46)44-24-11-12-25(44)21-43(20-24)34-30-14-13-29(31-19-27(45)18-23-8-4-5-10-28(23)31)32(38)33(30)40-35(41-34)47-22-26-9-6-16-42(26)17-7-15-39/h4-5,8,10,13-14,18-19,24-26,45H,6-7,9,11-12,15-17,20-22,39H2,1-3H3/t24?,25?,26-/m0/s1. The molecule has 3 saturated heterocycles. The van der Waals surface area contributed by atoms with Gasteiger partial charge in [0, 0.05) is 30.1 Å². The lowest BCUT2D eigenvalue weighted by molar-refractivity contribution is 0.0122. The van der Waals surface area contributed by atoms with Gasteiger partial charge in [0.15, 0.2) is 5.82 Å². The van der Waals surface area contributed by atoms with E-state index in [9.17, 15) is 9.90 Å². The summed E-state index contributed by atoms with van der Waals surface area (Å²) in [7, 11) is 0. The monoisotopic (exact) mass is 656 g/mol. The number of nitrogens with two attached hydrogens (primary N) is 1. The molecule has 0 radical (unpaired) electrons. The first-order valence-electron chi connectivity index (χ1n) is 17.1. The molecule has 4 heterocycles. The number of benzene rings is 3. The molecular formula is C37H45FN6O4. The minimum Gasteiger partial charge on any atom is -0.508 e. The van der Waals surface area contributed by atoms with E-state index in [4.69, 9.17) is 20.2 Å². The summed E-state index contributed by atoms with van der Waals surface area (Å²) in [4.78, 5) is 29.2. The third-order valence-corrected chi connectivity index (χ3v) is 9.84. The molecule has 2 unspecified atom stereocenters. The maximum absolute atomic E-state index is 16.8. The van der Waals surface area contributed by atoms with Crippen molar-refractivity contribution in [2.75, 3.05) is 44.2 Å². The number of amides is 1. The number of hydrogen-bond acceptors (Lipinski definition) is 9. The Labute approximate surface area is 280 Å². The number of carbonyl (C=O) groups is 1. The Hall–Kier alpha value is -4.22. The van der Waals surface area contributed by atoms with E-state index in [2.05, 4.69) is 14.8 Å². The lowest BCUT2D eigenvalue weighted by atomic mass is 9.96. The predicted molar refractivity (Wildman–Crippen MR) is 185 cm³/mol. The number of hydrogen-bond donors (Lipinski definition) is 2. The van der Waals surface area contributed by atoms with Crippen LogP contribution in [-0.4, -0.2) is 94.0 Å². The molecule has 0 saturated carbocycles. The van der Waals surface area contributed by atoms with Gasteiger partial charge < -0.3 is 25.2 Å². The summed E-state index contributed by atoms with van der Waals surface area (Å²) in [5.41, 5.74) is 6.27. The zero-order valence-electron chi connectivity index (χ0n) is 28.0. The van der Waals surface area contributed by atoms with E-state index < -0.39 is 11.4 Å². The summed E-state index contributed by atoms with van der Waals surface area (Å²) in [6.07, 6.45) is 4.43. The second-order valence-electron chi connectivity index (χ2n) is 14.3. The number of anilines is 1. The maximum Gasteiger partial charge on any atom is 0.410 e. The Kier molecular flexibility index (Phi) is 8.76. The van der Waals surface area contributed by atoms with Gasteiger partial charge in [-0.15, -0.1) is 0 Å². The molecule has 10 nitrogen and oxygen atoms in total. The normalized spacial score (nSPS) is 21.4. The van der Waals surface area contributed by atoms with Crippen LogP contribution in [0.1, 0.15) is 52.9 Å². The molecule has 1 aromatic heterocycles. The number of phenols is 1. The molecule has 0 spiro atoms. The molecular weight excluding hydrogens is 611 g/mol. The molecule has 4 aromatic rings. The van der Waals surface area contributed by atoms with Crippen molar-refractivity contribution in [2.24, 2.45) is 5.73 Å². The number of nitrogens with zero attached hydrogens (tertiary/aromatic N) is 5. The minimum absolute atomic E-state index is 0.0506. The highest BCUT2D eigenvalue weighted by molar-refractivity contribution is 6.01. The number of halogens is 1. The molecule has 1 amide bonds. The average Bonchev–Trinajstić information content (AvgIpc) is 3.62. The van der Waals surface area contributed by atoms with Crippen LogP contribution in [0.25, 0.3) is 32.8 Å². The molecule has 3 N–H and O–H groups in total. The van der Waals surface area contributed by atoms with Gasteiger partial charge in [-0.1, -0.05) is 30.3 Å². The van der Waals surface area contributed by atoms with Crippen LogP contribution >= 0.6 is 0 Å². The van der Waals surface area contributed by atoms with E-state index in [-0.39, 0.29) is 41.5 Å². The topological polar surface area (TPSA) is 117 Å². The summed E-state index contributed by atoms with van der Waals surface area (Å²) in [6.45, 7) is 9.66. The number of rotatable bonds is 8. The Morgan fingerprint density at radius 1 is 1.02 bits per heavy atom. The van der Waals surface area contributed by atoms with Crippen molar-refractivity contribution in [1.29, 1.82) is 0 Å². The van der Waals surface area contributed by atoms with Crippen molar-refractivity contribution < 1.29 is 23.8 Å². The van der Waals surface area contributed by atoms with Crippen LogP contribution in [0.4, 0.5) is 15.0 Å². The summed E-state index contributed by atoms with van der Waals surface area (Å²) < 4.78 is 28.9. The maximum atomic E-state index is 16.8. The van der Waals surface area contributed by atoms with E-state index in [1.807, 2.05) is 56.0 Å². The van der Waals surface area contributed by atoms with Crippen LogP contribution in [-0.2, 0) is 4.74 Å². The highest BCUT2D eigenvalue weighted by Gasteiger charge is 2.45. The van der Waals surface area contributed by atoms with Gasteiger partial charge in [0.2, 0.25) is 0 Å². The second kappa shape index (κ2) is 13.0. The molecule has 48 heavy (non-hydrogen) atoms. The van der Waals surface area contributed by atoms with Crippen molar-refractivity contribution in [3.63, 3.8) is 0 Å². The van der Waals surface area contributed by atoms with Crippen molar-refractivity contribution >= 4 is 33.6 Å². The fourth-order valence-corrected chi connectivity index (χ4v) is 7.69. The molecule has 254 valence electrons. The van der Waals surface area contributed by atoms with Gasteiger partial charge in [0.25, 0.3) is 0 Å². The number of fused-ring (bicyclic) bond motifs is 4. The van der Waals surface area contributed by atoms with Crippen LogP contribution < -0.4 is 15.4 Å². The fourth-order valence-electron chi connectivity index (χ4n) is 7.69. The molecule has 2 bridgehead atoms. The van der Waals surface area contributed by atoms with E-state index in [1.54, 1.807) is 18.2 Å². The first-order valence-corrected chi connectivity index (χ1v) is 17.1. The summed E-state index contributed by atoms with van der Waals surface area (Å²) >= 11 is 0. The third kappa shape index (κ3) is 6.33. The Bertz CT molecular complexity index is 1820. The second-order valence-corrected chi connectivity index (χ2v) is 14.3. The molecule has 0 aliphatic carbocycles. The Balaban J connectivity index is 1.27. The van der Waals surface area contributed by atoms with Gasteiger partial charge in [-0.25, -0.2) is 9.18 Å². The van der Waals surface area contributed by atoms with Gasteiger partial charge in [0.1, 0.15) is 29.3 Å². The Morgan fingerprint density at radius 3 is 2.54 bits per heavy atom. The highest BCUT2D eigenvalue weighted by atomic mass is 19.1. The Morgan fingerprint density at radius 2 is 1.79 bits per heavy atom. The zero-order chi connectivity index (χ0) is 33.6. The number of phenolic OH excluding ortho intramolecular Hbond substituents is 1. The van der Waals surface area contributed by atoms with Gasteiger partial charge in [0.05, 0.1) is 12.1 Å². The molecule has 3 aliphatic heterocycles. The first-order chi connectivity index (χ1) is 23.1. The van der Waals surface area contributed by atoms with Crippen LogP contribution in [0.3, 0.4) is 0 Å². The number of ether oxygens (including phenoxy) is 2. The number of piperazine rings is 1. The molecule has 3 aliphatic rings. The van der Waals surface area contributed by atoms with Crippen LogP contribution in [0, 0.1) is 5.82 Å². The summed E-state index contributed by atoms with van der Waals surface area (Å²) in [5.74, 6) is 0.149. The highest BCUT2D eigenvalue weighted by Crippen LogP contribution is 2.40. The summed E-state index contributed by atoms with van der Waals surface area (Å²) in [5, 5.41) is 12.8. The number of aromatic nitrogens is 2. The van der Waals surface area contributed by atoms with E-state index in [1.165, 1.54) is 0 Å². The average molecular weight is 657 g/mol. The van der Waals surface area contributed by atoms with Crippen molar-refractivity contribution in [1.82, 2.24) is 19.8 Å². The van der Waals surface area contributed by atoms with Gasteiger partial charge in [-0.3, -0.25) is 9.80 Å². The largest absolute Gasteiger partial charge is 0.508 e. The smallest absolute Gasteiger partial charge is 0.410 e. The third-order valence-electron chi connectivity index (χ3n) is 9.84. The fraction of sp³-hybridized carbons (Fsp3) is 0.486. The van der Waals surface area contributed by atoms with E-state index >= 15 is 4.39 Å². The van der Waals surface area contributed by atoms with Crippen LogP contribution in [0.15, 0.2) is 48.5 Å². The summed E-state index contributed by atoms with van der Waals surface area (Å²) in [6, 6.07) is 14.7. The molecule has 7 rings (SSSR count). The minimum atomic E-state index is -0.585. The number of aromatic hydroxyl groups is 1.